The van der Waals surface area contributed by atoms with Gasteiger partial charge in [-0.2, -0.15) is 0 Å². The first-order valence-electron chi connectivity index (χ1n) is 4.48. The Labute approximate surface area is 83.9 Å². The lowest BCUT2D eigenvalue weighted by Gasteiger charge is -2.06. The molecule has 0 aliphatic carbocycles. The summed E-state index contributed by atoms with van der Waals surface area (Å²) < 4.78 is 0. The van der Waals surface area contributed by atoms with Crippen molar-refractivity contribution >= 4 is 5.97 Å². The second-order valence-corrected chi connectivity index (χ2v) is 3.52. The Hall–Kier alpha value is -1.57. The molecule has 0 aliphatic rings. The molecule has 0 amide bonds. The number of hydrogen-bond acceptors (Lipinski definition) is 1. The van der Waals surface area contributed by atoms with Crippen LogP contribution in [0.2, 0.25) is 0 Å². The van der Waals surface area contributed by atoms with Gasteiger partial charge in [0.2, 0.25) is 0 Å². The van der Waals surface area contributed by atoms with Crippen molar-refractivity contribution in [2.75, 3.05) is 0 Å². The maximum atomic E-state index is 10.6. The van der Waals surface area contributed by atoms with Crippen molar-refractivity contribution in [1.29, 1.82) is 0 Å². The van der Waals surface area contributed by atoms with Gasteiger partial charge < -0.3 is 5.11 Å². The summed E-state index contributed by atoms with van der Waals surface area (Å²) >= 11 is 0. The maximum absolute atomic E-state index is 10.6. The van der Waals surface area contributed by atoms with E-state index in [1.807, 2.05) is 32.0 Å². The van der Waals surface area contributed by atoms with Gasteiger partial charge in [-0.1, -0.05) is 30.3 Å². The molecule has 0 spiro atoms. The van der Waals surface area contributed by atoms with Crippen LogP contribution in [0.25, 0.3) is 0 Å². The molecule has 0 aromatic heterocycles. The van der Waals surface area contributed by atoms with Gasteiger partial charge in [0.05, 0.1) is 0 Å². The van der Waals surface area contributed by atoms with Crippen molar-refractivity contribution in [3.63, 3.8) is 0 Å². The van der Waals surface area contributed by atoms with E-state index >= 15 is 0 Å². The molecule has 0 atom stereocenters. The summed E-state index contributed by atoms with van der Waals surface area (Å²) in [6.07, 6.45) is 0.418. The van der Waals surface area contributed by atoms with Gasteiger partial charge in [-0.05, 0) is 25.0 Å². The van der Waals surface area contributed by atoms with Crippen molar-refractivity contribution in [1.82, 2.24) is 0 Å². The highest BCUT2D eigenvalue weighted by atomic mass is 16.4. The van der Waals surface area contributed by atoms with Gasteiger partial charge in [-0.3, -0.25) is 0 Å². The lowest BCUT2D eigenvalue weighted by molar-refractivity contribution is -0.132. The molecule has 1 aromatic rings. The van der Waals surface area contributed by atoms with Gasteiger partial charge >= 0.3 is 5.97 Å². The van der Waals surface area contributed by atoms with Crippen LogP contribution in [0.1, 0.15) is 16.7 Å². The third kappa shape index (κ3) is 2.46. The van der Waals surface area contributed by atoms with Crippen LogP contribution in [0, 0.1) is 13.8 Å². The Balaban J connectivity index is 2.87. The number of carboxylic acids is 1. The fraction of sp³-hybridized carbons (Fsp3) is 0.250. The topological polar surface area (TPSA) is 37.3 Å². The smallest absolute Gasteiger partial charge is 0.331 e. The molecule has 74 valence electrons. The zero-order valence-electron chi connectivity index (χ0n) is 8.50. The molecule has 14 heavy (non-hydrogen) atoms. The van der Waals surface area contributed by atoms with Crippen molar-refractivity contribution in [3.05, 3.63) is 47.0 Å². The molecular formula is C12H14O2. The number of aliphatic carboxylic acids is 1. The minimum atomic E-state index is -0.926. The van der Waals surface area contributed by atoms with Crippen molar-refractivity contribution in [2.45, 2.75) is 20.3 Å². The largest absolute Gasteiger partial charge is 0.478 e. The molecule has 0 saturated heterocycles. The summed E-state index contributed by atoms with van der Waals surface area (Å²) in [5.74, 6) is -0.926. The molecular weight excluding hydrogens is 176 g/mol. The third-order valence-electron chi connectivity index (χ3n) is 2.20. The minimum Gasteiger partial charge on any atom is -0.478 e. The molecule has 2 nitrogen and oxygen atoms in total. The summed E-state index contributed by atoms with van der Waals surface area (Å²) in [7, 11) is 0. The maximum Gasteiger partial charge on any atom is 0.331 e. The molecule has 0 fully saturated rings. The quantitative estimate of drug-likeness (QED) is 0.743. The zero-order chi connectivity index (χ0) is 10.7. The minimum absolute atomic E-state index is 0.233. The van der Waals surface area contributed by atoms with Gasteiger partial charge in [0.25, 0.3) is 0 Å². The lowest BCUT2D eigenvalue weighted by Crippen LogP contribution is -2.03. The Morgan fingerprint density at radius 3 is 2.57 bits per heavy atom. The molecule has 1 N–H and O–H groups in total. The van der Waals surface area contributed by atoms with Crippen LogP contribution in [-0.2, 0) is 11.2 Å². The summed E-state index contributed by atoms with van der Waals surface area (Å²) in [4.78, 5) is 10.6. The van der Waals surface area contributed by atoms with Gasteiger partial charge in [0, 0.05) is 12.0 Å². The Morgan fingerprint density at radius 2 is 2.07 bits per heavy atom. The van der Waals surface area contributed by atoms with Crippen molar-refractivity contribution < 1.29 is 9.90 Å². The first kappa shape index (κ1) is 10.5. The predicted octanol–water partition coefficient (Wildman–Crippen LogP) is 2.49. The van der Waals surface area contributed by atoms with Crippen LogP contribution in [0.4, 0.5) is 0 Å². The van der Waals surface area contributed by atoms with Gasteiger partial charge in [0.1, 0.15) is 0 Å². The number of rotatable bonds is 3. The average molecular weight is 190 g/mol. The Kier molecular flexibility index (Phi) is 3.07. The summed E-state index contributed by atoms with van der Waals surface area (Å²) in [5, 5.41) is 8.69. The molecule has 1 rings (SSSR count). The molecule has 0 aliphatic heterocycles. The number of carboxylic acid groups (broad SMARTS) is 1. The molecule has 0 heterocycles. The monoisotopic (exact) mass is 190 g/mol. The molecule has 2 heteroatoms. The van der Waals surface area contributed by atoms with Crippen LogP contribution >= 0.6 is 0 Å². The lowest BCUT2D eigenvalue weighted by atomic mass is 10.00. The summed E-state index contributed by atoms with van der Waals surface area (Å²) in [6, 6.07) is 5.99. The van der Waals surface area contributed by atoms with E-state index in [2.05, 4.69) is 6.58 Å². The average Bonchev–Trinajstić information content (AvgIpc) is 2.09. The first-order chi connectivity index (χ1) is 6.50. The van der Waals surface area contributed by atoms with Gasteiger partial charge in [-0.25, -0.2) is 4.79 Å². The standard InChI is InChI=1S/C12H14O2/c1-8-4-5-11(9(2)6-8)7-10(3)12(13)14/h4-6H,3,7H2,1-2H3,(H,13,14). The Bertz CT molecular complexity index is 378. The normalized spacial score (nSPS) is 9.86. The predicted molar refractivity (Wildman–Crippen MR) is 56.4 cm³/mol. The van der Waals surface area contributed by atoms with Crippen LogP contribution in [0.5, 0.6) is 0 Å². The van der Waals surface area contributed by atoms with Crippen LogP contribution in [0.3, 0.4) is 0 Å². The van der Waals surface area contributed by atoms with Gasteiger partial charge in [0.15, 0.2) is 0 Å². The van der Waals surface area contributed by atoms with E-state index < -0.39 is 5.97 Å². The zero-order valence-corrected chi connectivity index (χ0v) is 8.50. The highest BCUT2D eigenvalue weighted by Crippen LogP contribution is 2.14. The molecule has 0 unspecified atom stereocenters. The van der Waals surface area contributed by atoms with Gasteiger partial charge in [-0.15, -0.1) is 0 Å². The van der Waals surface area contributed by atoms with Crippen LogP contribution in [-0.4, -0.2) is 11.1 Å². The van der Waals surface area contributed by atoms with E-state index in [1.54, 1.807) is 0 Å². The Morgan fingerprint density at radius 1 is 1.43 bits per heavy atom. The summed E-state index contributed by atoms with van der Waals surface area (Å²) in [6.45, 7) is 7.51. The molecule has 0 saturated carbocycles. The second kappa shape index (κ2) is 4.09. The fourth-order valence-electron chi connectivity index (χ4n) is 1.35. The SMILES string of the molecule is C=C(Cc1ccc(C)cc1C)C(=O)O. The van der Waals surface area contributed by atoms with Crippen LogP contribution in [0.15, 0.2) is 30.4 Å². The van der Waals surface area contributed by atoms with Crippen LogP contribution < -0.4 is 0 Å². The van der Waals surface area contributed by atoms with Crippen molar-refractivity contribution in [3.8, 4) is 0 Å². The highest BCUT2D eigenvalue weighted by molar-refractivity contribution is 5.86. The molecule has 0 radical (unpaired) electrons. The van der Waals surface area contributed by atoms with Crippen molar-refractivity contribution in [2.24, 2.45) is 0 Å². The van der Waals surface area contributed by atoms with E-state index in [0.29, 0.717) is 6.42 Å². The van der Waals surface area contributed by atoms with E-state index in [1.165, 1.54) is 5.56 Å². The first-order valence-corrected chi connectivity index (χ1v) is 4.48. The van der Waals surface area contributed by atoms with E-state index in [4.69, 9.17) is 5.11 Å². The van der Waals surface area contributed by atoms with E-state index in [0.717, 1.165) is 11.1 Å². The number of benzene rings is 1. The third-order valence-corrected chi connectivity index (χ3v) is 2.20. The fourth-order valence-corrected chi connectivity index (χ4v) is 1.35. The molecule has 1 aromatic carbocycles. The number of carbonyl (C=O) groups is 1. The summed E-state index contributed by atoms with van der Waals surface area (Å²) in [5.41, 5.74) is 3.57. The number of hydrogen-bond donors (Lipinski definition) is 1. The number of aryl methyl sites for hydroxylation is 2. The molecule has 0 bridgehead atoms. The van der Waals surface area contributed by atoms with E-state index in [9.17, 15) is 4.79 Å². The second-order valence-electron chi connectivity index (χ2n) is 3.52. The van der Waals surface area contributed by atoms with E-state index in [-0.39, 0.29) is 5.57 Å². The highest BCUT2D eigenvalue weighted by Gasteiger charge is 2.06.